The summed E-state index contributed by atoms with van der Waals surface area (Å²) in [5.74, 6) is 0. The molecule has 0 spiro atoms. The molecule has 10 heavy (non-hydrogen) atoms. The van der Waals surface area contributed by atoms with E-state index in [4.69, 9.17) is 30.0 Å². The molecular formula is C2H5KO7. The van der Waals surface area contributed by atoms with Crippen LogP contribution in [0.3, 0.4) is 0 Å². The molecule has 0 amide bonds. The molecule has 0 saturated carbocycles. The van der Waals surface area contributed by atoms with E-state index < -0.39 is 12.3 Å². The fourth-order valence-corrected chi connectivity index (χ4v) is 0. The van der Waals surface area contributed by atoms with E-state index in [9.17, 15) is 0 Å². The molecule has 0 atom stereocenters. The first-order valence-electron chi connectivity index (χ1n) is 1.30. The maximum atomic E-state index is 8.56. The van der Waals surface area contributed by atoms with Crippen LogP contribution >= 0.6 is 0 Å². The fourth-order valence-electron chi connectivity index (χ4n) is 0. The molecule has 0 aliphatic carbocycles. The maximum absolute atomic E-state index is 8.56. The molecule has 0 aliphatic rings. The molecule has 0 aromatic carbocycles. The van der Waals surface area contributed by atoms with Crippen molar-refractivity contribution in [1.82, 2.24) is 0 Å². The number of hydrogen-bond donors (Lipinski definition) is 4. The molecule has 5 N–H and O–H groups in total. The zero-order valence-corrected chi connectivity index (χ0v) is 8.18. The van der Waals surface area contributed by atoms with Crippen molar-refractivity contribution in [3.63, 3.8) is 0 Å². The van der Waals surface area contributed by atoms with Crippen LogP contribution in [-0.2, 0) is 0 Å². The van der Waals surface area contributed by atoms with Gasteiger partial charge in [-0.25, -0.2) is 9.59 Å². The summed E-state index contributed by atoms with van der Waals surface area (Å²) in [7, 11) is 0. The molecule has 0 aromatic rings. The van der Waals surface area contributed by atoms with Gasteiger partial charge in [-0.2, -0.15) is 0 Å². The largest absolute Gasteiger partial charge is 1.00 e. The third kappa shape index (κ3) is 22300. The Balaban J connectivity index is -0.0000000300. The van der Waals surface area contributed by atoms with Gasteiger partial charge in [-0.15, -0.1) is 0 Å². The monoisotopic (exact) mass is 180 g/mol. The molecule has 0 aromatic heterocycles. The molecule has 7 nitrogen and oxygen atoms in total. The Morgan fingerprint density at radius 2 is 0.800 bits per heavy atom. The smallest absolute Gasteiger partial charge is 0.870 e. The summed E-state index contributed by atoms with van der Waals surface area (Å²) < 4.78 is 0. The van der Waals surface area contributed by atoms with Gasteiger partial charge in [0.1, 0.15) is 0 Å². The van der Waals surface area contributed by atoms with Crippen molar-refractivity contribution in [3.8, 4) is 0 Å². The predicted molar refractivity (Wildman–Crippen MR) is 23.2 cm³/mol. The van der Waals surface area contributed by atoms with Crippen LogP contribution in [0.15, 0.2) is 0 Å². The van der Waals surface area contributed by atoms with Crippen LogP contribution in [0.4, 0.5) is 9.59 Å². The minimum absolute atomic E-state index is 0. The van der Waals surface area contributed by atoms with Gasteiger partial charge in [0.15, 0.2) is 0 Å². The van der Waals surface area contributed by atoms with E-state index in [1.807, 2.05) is 0 Å². The first-order valence-corrected chi connectivity index (χ1v) is 1.30. The first kappa shape index (κ1) is 22.5. The van der Waals surface area contributed by atoms with Crippen LogP contribution in [0.1, 0.15) is 0 Å². The predicted octanol–water partition coefficient (Wildman–Crippen LogP) is -2.73. The minimum Gasteiger partial charge on any atom is -0.870 e. The second-order valence-electron chi connectivity index (χ2n) is 0.565. The van der Waals surface area contributed by atoms with E-state index in [-0.39, 0.29) is 56.9 Å². The van der Waals surface area contributed by atoms with Crippen LogP contribution in [0, 0.1) is 0 Å². The van der Waals surface area contributed by atoms with Gasteiger partial charge in [0, 0.05) is 0 Å². The molecule has 0 saturated heterocycles. The molecule has 56 valence electrons. The molecule has 8 heteroatoms. The molecule has 0 fully saturated rings. The molecular weight excluding hydrogens is 175 g/mol. The van der Waals surface area contributed by atoms with Gasteiger partial charge in [-0.1, -0.05) is 0 Å². The second-order valence-corrected chi connectivity index (χ2v) is 0.565. The number of hydrogen-bond acceptors (Lipinski definition) is 3. The Morgan fingerprint density at radius 3 is 0.800 bits per heavy atom. The van der Waals surface area contributed by atoms with Gasteiger partial charge in [0.25, 0.3) is 0 Å². The minimum atomic E-state index is -1.83. The van der Waals surface area contributed by atoms with Crippen molar-refractivity contribution in [2.75, 3.05) is 0 Å². The van der Waals surface area contributed by atoms with Crippen LogP contribution in [0.2, 0.25) is 0 Å². The normalized spacial score (nSPS) is 4.80. The molecule has 0 aliphatic heterocycles. The van der Waals surface area contributed by atoms with Gasteiger partial charge in [-0.3, -0.25) is 0 Å². The number of carbonyl (C=O) groups is 2. The molecule has 0 bridgehead atoms. The summed E-state index contributed by atoms with van der Waals surface area (Å²) >= 11 is 0. The molecule has 0 unspecified atom stereocenters. The average Bonchev–Trinajstić information content (AvgIpc) is 1.25. The van der Waals surface area contributed by atoms with Gasteiger partial charge in [0.2, 0.25) is 0 Å². The van der Waals surface area contributed by atoms with E-state index >= 15 is 0 Å². The molecule has 0 radical (unpaired) electrons. The van der Waals surface area contributed by atoms with Crippen molar-refractivity contribution >= 4 is 12.3 Å². The third-order valence-electron chi connectivity index (χ3n) is 0. The van der Waals surface area contributed by atoms with Crippen molar-refractivity contribution in [3.05, 3.63) is 0 Å². The Kier molecular flexibility index (Phi) is 36.1. The Labute approximate surface area is 98.0 Å². The standard InChI is InChI=1S/2CH2O3.K.H2O/c2*2-1(3)4;;/h2*(H2,2,3,4);;1H2/q;;+1;/p-1. The summed E-state index contributed by atoms with van der Waals surface area (Å²) in [6.45, 7) is 0. The van der Waals surface area contributed by atoms with Crippen LogP contribution in [-0.4, -0.2) is 38.2 Å². The molecule has 0 heterocycles. The van der Waals surface area contributed by atoms with Crippen LogP contribution in [0.25, 0.3) is 0 Å². The summed E-state index contributed by atoms with van der Waals surface area (Å²) in [4.78, 5) is 17.1. The van der Waals surface area contributed by atoms with E-state index in [1.54, 1.807) is 0 Å². The zero-order chi connectivity index (χ0) is 7.15. The Hall–Kier alpha value is 0.136. The maximum Gasteiger partial charge on any atom is 1.00 e. The summed E-state index contributed by atoms with van der Waals surface area (Å²) in [6.07, 6.45) is -3.67. The van der Waals surface area contributed by atoms with E-state index in [0.29, 0.717) is 0 Å². The van der Waals surface area contributed by atoms with E-state index in [2.05, 4.69) is 0 Å². The van der Waals surface area contributed by atoms with Gasteiger partial charge >= 0.3 is 63.7 Å². The van der Waals surface area contributed by atoms with E-state index in [1.165, 1.54) is 0 Å². The van der Waals surface area contributed by atoms with E-state index in [0.717, 1.165) is 0 Å². The Morgan fingerprint density at radius 1 is 0.800 bits per heavy atom. The number of rotatable bonds is 0. The topological polar surface area (TPSA) is 145 Å². The first-order chi connectivity index (χ1) is 3.46. The Bertz CT molecular complexity index is 69.6. The van der Waals surface area contributed by atoms with Crippen molar-refractivity contribution in [1.29, 1.82) is 0 Å². The van der Waals surface area contributed by atoms with Crippen molar-refractivity contribution < 1.29 is 86.9 Å². The van der Waals surface area contributed by atoms with Crippen molar-refractivity contribution in [2.45, 2.75) is 0 Å². The van der Waals surface area contributed by atoms with Gasteiger partial charge in [-0.05, 0) is 0 Å². The fraction of sp³-hybridized carbons (Fsp3) is 0. The summed E-state index contributed by atoms with van der Waals surface area (Å²) in [5.41, 5.74) is 0. The second kappa shape index (κ2) is 16.1. The van der Waals surface area contributed by atoms with Gasteiger partial charge in [0.05, 0.1) is 0 Å². The average molecular weight is 180 g/mol. The third-order valence-corrected chi connectivity index (χ3v) is 0. The summed E-state index contributed by atoms with van der Waals surface area (Å²) in [6, 6.07) is 0. The summed E-state index contributed by atoms with van der Waals surface area (Å²) in [5, 5.41) is 27.9. The molecule has 0 rings (SSSR count). The van der Waals surface area contributed by atoms with Gasteiger partial charge < -0.3 is 25.9 Å². The van der Waals surface area contributed by atoms with Crippen LogP contribution < -0.4 is 51.4 Å². The zero-order valence-electron chi connectivity index (χ0n) is 5.05. The number of carboxylic acid groups (broad SMARTS) is 4. The van der Waals surface area contributed by atoms with Crippen LogP contribution in [0.5, 0.6) is 0 Å². The van der Waals surface area contributed by atoms with Crippen molar-refractivity contribution in [2.24, 2.45) is 0 Å². The SMILES string of the molecule is O=C(O)O.O=C(O)O.[K+].[OH-]. The quantitative estimate of drug-likeness (QED) is 0.296.